The van der Waals surface area contributed by atoms with Gasteiger partial charge in [-0.15, -0.1) is 0 Å². The summed E-state index contributed by atoms with van der Waals surface area (Å²) in [4.78, 5) is 36.8. The Kier molecular flexibility index (Phi) is 13.4. The predicted molar refractivity (Wildman–Crippen MR) is 232 cm³/mol. The van der Waals surface area contributed by atoms with Crippen LogP contribution in [0.1, 0.15) is 49.3 Å². The minimum atomic E-state index is -4.14. The zero-order valence-electron chi connectivity index (χ0n) is 33.9. The standard InChI is InChI=1S/C44H49N6O9PS/c1-42(2,28-56-44(31-18-10-5-11-19-31,32-20-12-6-13-21-32)33-22-14-7-15-23-33)40(53)61-25-24-57-60(55,47-26-30-16-8-4-9-17-30)58-27-34-36(51)43(3,54)39(59-34)50-29-46-35-37(50)48-41(45)49-38(35)52/h4-23,29,34,36,39,51,54H,24-28H2,1-3H3,(H,47,55)(H3,45,48,49,52)/t34-,36?,39-,43+,60?/m1/s1. The average molecular weight is 869 g/mol. The second kappa shape index (κ2) is 18.5. The third-order valence-corrected chi connectivity index (χ3v) is 13.2. The maximum absolute atomic E-state index is 14.3. The second-order valence-electron chi connectivity index (χ2n) is 15.5. The van der Waals surface area contributed by atoms with Crippen molar-refractivity contribution in [2.45, 2.75) is 57.0 Å². The number of nitrogens with zero attached hydrogens (tertiary/aromatic N) is 3. The first kappa shape index (κ1) is 44.1. The van der Waals surface area contributed by atoms with Crippen LogP contribution in [0, 0.1) is 5.41 Å². The molecule has 5 atom stereocenters. The number of hydrogen-bond acceptors (Lipinski definition) is 13. The number of nitrogen functional groups attached to an aromatic ring is 1. The van der Waals surface area contributed by atoms with E-state index in [2.05, 4.69) is 20.0 Å². The monoisotopic (exact) mass is 868 g/mol. The van der Waals surface area contributed by atoms with Gasteiger partial charge in [0.1, 0.15) is 23.4 Å². The first-order chi connectivity index (χ1) is 29.2. The molecule has 0 saturated carbocycles. The van der Waals surface area contributed by atoms with Crippen molar-refractivity contribution in [3.8, 4) is 0 Å². The molecule has 1 aliphatic rings. The number of anilines is 1. The van der Waals surface area contributed by atoms with Gasteiger partial charge in [0.2, 0.25) is 5.95 Å². The van der Waals surface area contributed by atoms with E-state index in [-0.39, 0.29) is 47.7 Å². The zero-order valence-corrected chi connectivity index (χ0v) is 35.6. The van der Waals surface area contributed by atoms with Gasteiger partial charge < -0.3 is 25.4 Å². The van der Waals surface area contributed by atoms with E-state index in [1.807, 2.05) is 135 Å². The third kappa shape index (κ3) is 9.58. The summed E-state index contributed by atoms with van der Waals surface area (Å²) in [5.41, 5.74) is 4.80. The van der Waals surface area contributed by atoms with Gasteiger partial charge >= 0.3 is 7.75 Å². The molecule has 6 aromatic rings. The summed E-state index contributed by atoms with van der Waals surface area (Å²) in [7, 11) is -4.14. The highest BCUT2D eigenvalue weighted by atomic mass is 32.2. The molecule has 17 heteroatoms. The van der Waals surface area contributed by atoms with Crippen LogP contribution in [-0.2, 0) is 40.0 Å². The molecule has 61 heavy (non-hydrogen) atoms. The number of aliphatic hydroxyl groups excluding tert-OH is 1. The van der Waals surface area contributed by atoms with Crippen LogP contribution >= 0.6 is 19.5 Å². The van der Waals surface area contributed by atoms with Crippen molar-refractivity contribution in [1.29, 1.82) is 0 Å². The first-order valence-electron chi connectivity index (χ1n) is 19.7. The van der Waals surface area contributed by atoms with E-state index in [1.165, 1.54) is 17.8 Å². The number of thioether (sulfide) groups is 1. The van der Waals surface area contributed by atoms with E-state index >= 15 is 0 Å². The number of hydrogen-bond donors (Lipinski definition) is 5. The van der Waals surface area contributed by atoms with Crippen LogP contribution in [0.3, 0.4) is 0 Å². The van der Waals surface area contributed by atoms with E-state index in [0.717, 1.165) is 34.0 Å². The van der Waals surface area contributed by atoms with Gasteiger partial charge in [0.25, 0.3) is 5.56 Å². The Balaban J connectivity index is 1.02. The number of rotatable bonds is 18. The lowest BCUT2D eigenvalue weighted by molar-refractivity contribution is -0.124. The summed E-state index contributed by atoms with van der Waals surface area (Å²) in [5.74, 6) is -0.0422. The Morgan fingerprint density at radius 3 is 2.08 bits per heavy atom. The predicted octanol–water partition coefficient (Wildman–Crippen LogP) is 5.94. The molecule has 6 N–H and O–H groups in total. The molecule has 15 nitrogen and oxygen atoms in total. The maximum Gasteiger partial charge on any atom is 0.405 e. The van der Waals surface area contributed by atoms with Crippen molar-refractivity contribution in [3.05, 3.63) is 160 Å². The molecule has 0 radical (unpaired) electrons. The fourth-order valence-electron chi connectivity index (χ4n) is 7.18. The van der Waals surface area contributed by atoms with Crippen LogP contribution in [-0.4, -0.2) is 78.2 Å². The Morgan fingerprint density at radius 1 is 0.951 bits per heavy atom. The molecule has 0 aliphatic carbocycles. The maximum atomic E-state index is 14.3. The fourth-order valence-corrected chi connectivity index (χ4v) is 9.41. The molecule has 7 rings (SSSR count). The van der Waals surface area contributed by atoms with E-state index in [1.54, 1.807) is 0 Å². The van der Waals surface area contributed by atoms with Gasteiger partial charge in [-0.05, 0) is 43.0 Å². The zero-order chi connectivity index (χ0) is 43.3. The molecule has 3 heterocycles. The molecule has 320 valence electrons. The summed E-state index contributed by atoms with van der Waals surface area (Å²) in [6.07, 6.45) is -2.78. The van der Waals surface area contributed by atoms with Gasteiger partial charge in [0, 0.05) is 12.3 Å². The smallest absolute Gasteiger partial charge is 0.387 e. The molecule has 0 amide bonds. The number of benzene rings is 4. The van der Waals surface area contributed by atoms with Crippen molar-refractivity contribution >= 4 is 41.7 Å². The van der Waals surface area contributed by atoms with E-state index in [9.17, 15) is 24.4 Å². The summed E-state index contributed by atoms with van der Waals surface area (Å²) in [6.45, 7) is 4.56. The number of aromatic nitrogens is 4. The largest absolute Gasteiger partial charge is 0.405 e. The highest BCUT2D eigenvalue weighted by Crippen LogP contribution is 2.47. The quantitative estimate of drug-likeness (QED) is 0.0385. The topological polar surface area (TPSA) is 213 Å². The van der Waals surface area contributed by atoms with Gasteiger partial charge in [-0.2, -0.15) is 4.98 Å². The van der Waals surface area contributed by atoms with Gasteiger partial charge in [-0.3, -0.25) is 28.2 Å². The molecule has 4 aromatic carbocycles. The van der Waals surface area contributed by atoms with Gasteiger partial charge in [-0.1, -0.05) is 133 Å². The highest BCUT2D eigenvalue weighted by molar-refractivity contribution is 8.13. The van der Waals surface area contributed by atoms with Crippen LogP contribution in [0.4, 0.5) is 5.95 Å². The van der Waals surface area contributed by atoms with Crippen LogP contribution < -0.4 is 16.4 Å². The number of ether oxygens (including phenoxy) is 2. The van der Waals surface area contributed by atoms with Crippen LogP contribution in [0.25, 0.3) is 11.2 Å². The van der Waals surface area contributed by atoms with Gasteiger partial charge in [0.05, 0.1) is 31.6 Å². The van der Waals surface area contributed by atoms with Crippen LogP contribution in [0.15, 0.2) is 132 Å². The average Bonchev–Trinajstić information content (AvgIpc) is 3.79. The molecule has 1 aliphatic heterocycles. The highest BCUT2D eigenvalue weighted by Gasteiger charge is 2.54. The molecule has 0 bridgehead atoms. The summed E-state index contributed by atoms with van der Waals surface area (Å²) < 4.78 is 40.3. The van der Waals surface area contributed by atoms with Crippen molar-refractivity contribution in [3.63, 3.8) is 0 Å². The van der Waals surface area contributed by atoms with E-state index in [0.29, 0.717) is 0 Å². The number of nitrogens with one attached hydrogen (secondary N) is 2. The van der Waals surface area contributed by atoms with Crippen LogP contribution in [0.5, 0.6) is 0 Å². The lowest BCUT2D eigenvalue weighted by atomic mass is 9.79. The number of nitrogens with two attached hydrogens (primary N) is 1. The Bertz CT molecular complexity index is 2410. The van der Waals surface area contributed by atoms with Crippen molar-refractivity contribution < 1.29 is 38.1 Å². The summed E-state index contributed by atoms with van der Waals surface area (Å²) in [5, 5.41) is 25.3. The second-order valence-corrected chi connectivity index (χ2v) is 18.4. The molecular weight excluding hydrogens is 820 g/mol. The Morgan fingerprint density at radius 2 is 1.51 bits per heavy atom. The third-order valence-electron chi connectivity index (χ3n) is 10.5. The molecule has 0 spiro atoms. The van der Waals surface area contributed by atoms with E-state index < -0.39 is 55.0 Å². The normalized spacial score (nSPS) is 20.4. The number of carbonyl (C=O) groups excluding carboxylic acids is 1. The fraction of sp³-hybridized carbons (Fsp3) is 0.318. The first-order valence-corrected chi connectivity index (χ1v) is 22.2. The minimum absolute atomic E-state index is 0.0310. The number of carbonyl (C=O) groups is 1. The Hall–Kier alpha value is -5.00. The van der Waals surface area contributed by atoms with Gasteiger partial charge in [0.15, 0.2) is 22.5 Å². The number of imidazole rings is 1. The van der Waals surface area contributed by atoms with Crippen molar-refractivity contribution in [2.75, 3.05) is 31.3 Å². The lowest BCUT2D eigenvalue weighted by Crippen LogP contribution is -2.44. The minimum Gasteiger partial charge on any atom is -0.387 e. The van der Waals surface area contributed by atoms with Crippen LogP contribution in [0.2, 0.25) is 0 Å². The number of fused-ring (bicyclic) bond motifs is 1. The molecule has 1 fully saturated rings. The van der Waals surface area contributed by atoms with Crippen molar-refractivity contribution in [1.82, 2.24) is 24.6 Å². The Labute approximate surface area is 357 Å². The molecule has 2 aromatic heterocycles. The molecule has 1 saturated heterocycles. The SMILES string of the molecule is CC(C)(COC(c1ccccc1)(c1ccccc1)c1ccccc1)C(=O)SCCOP(=O)(NCc1ccccc1)OC[C@H]1O[C@@H](n2cnc3c(=O)[nH]c(N)nc32)[C@@](C)(O)C1O. The van der Waals surface area contributed by atoms with E-state index in [4.69, 9.17) is 24.3 Å². The number of aliphatic hydroxyl groups is 2. The van der Waals surface area contributed by atoms with Crippen molar-refractivity contribution in [2.24, 2.45) is 5.41 Å². The number of aromatic amines is 1. The lowest BCUT2D eigenvalue weighted by Gasteiger charge is -2.38. The summed E-state index contributed by atoms with van der Waals surface area (Å²) >= 11 is 1.03. The van der Waals surface area contributed by atoms with Gasteiger partial charge in [-0.25, -0.2) is 14.6 Å². The molecular formula is C44H49N6O9PS. The summed E-state index contributed by atoms with van der Waals surface area (Å²) in [6, 6.07) is 39.0. The molecule has 2 unspecified atom stereocenters. The number of H-pyrrole nitrogens is 1.